The first-order valence-corrected chi connectivity index (χ1v) is 16.7. The van der Waals surface area contributed by atoms with Gasteiger partial charge in [0.25, 0.3) is 0 Å². The number of para-hydroxylation sites is 3. The third kappa shape index (κ3) is 4.44. The first kappa shape index (κ1) is 27.5. The summed E-state index contributed by atoms with van der Waals surface area (Å²) in [4.78, 5) is 10.5. The Morgan fingerprint density at radius 2 is 1.04 bits per heavy atom. The van der Waals surface area contributed by atoms with Crippen LogP contribution in [0.15, 0.2) is 176 Å². The largest absolute Gasteiger partial charge is 0.309 e. The van der Waals surface area contributed by atoms with Crippen LogP contribution in [0.1, 0.15) is 0 Å². The molecule has 0 aliphatic heterocycles. The van der Waals surface area contributed by atoms with Gasteiger partial charge < -0.3 is 4.57 Å². The topological polar surface area (TPSA) is 30.7 Å². The van der Waals surface area contributed by atoms with E-state index in [1.54, 1.807) is 0 Å². The van der Waals surface area contributed by atoms with Gasteiger partial charge >= 0.3 is 0 Å². The van der Waals surface area contributed by atoms with Crippen molar-refractivity contribution in [2.24, 2.45) is 0 Å². The van der Waals surface area contributed by atoms with E-state index in [4.69, 9.17) is 9.97 Å². The average molecular weight is 624 g/mol. The van der Waals surface area contributed by atoms with Crippen molar-refractivity contribution in [1.29, 1.82) is 0 Å². The van der Waals surface area contributed by atoms with Crippen molar-refractivity contribution in [3.63, 3.8) is 0 Å². The lowest BCUT2D eigenvalue weighted by Crippen LogP contribution is -1.93. The van der Waals surface area contributed by atoms with E-state index in [1.807, 2.05) is 0 Å². The fraction of sp³-hybridized carbons (Fsp3) is 0. The fourth-order valence-corrected chi connectivity index (χ4v) is 7.48. The molecule has 0 aliphatic carbocycles. The van der Waals surface area contributed by atoms with Gasteiger partial charge in [0.05, 0.1) is 33.3 Å². The molecule has 3 heteroatoms. The molecule has 0 saturated carbocycles. The molecule has 0 fully saturated rings. The third-order valence-electron chi connectivity index (χ3n) is 9.75. The predicted octanol–water partition coefficient (Wildman–Crippen LogP) is 12.0. The van der Waals surface area contributed by atoms with E-state index < -0.39 is 0 Å². The first-order chi connectivity index (χ1) is 24.3. The van der Waals surface area contributed by atoms with Gasteiger partial charge in [0, 0.05) is 43.7 Å². The van der Waals surface area contributed by atoms with Gasteiger partial charge in [-0.25, -0.2) is 9.97 Å². The van der Waals surface area contributed by atoms with Crippen molar-refractivity contribution < 1.29 is 0 Å². The highest BCUT2D eigenvalue weighted by Crippen LogP contribution is 2.39. The Labute approximate surface area is 283 Å². The molecular weight excluding hydrogens is 595 g/mol. The number of hydrogen-bond acceptors (Lipinski definition) is 2. The molecule has 3 nitrogen and oxygen atoms in total. The van der Waals surface area contributed by atoms with Crippen molar-refractivity contribution in [2.45, 2.75) is 0 Å². The van der Waals surface area contributed by atoms with Crippen LogP contribution in [-0.4, -0.2) is 14.5 Å². The minimum atomic E-state index is 0.915. The maximum Gasteiger partial charge on any atom is 0.0978 e. The van der Waals surface area contributed by atoms with Gasteiger partial charge in [0.2, 0.25) is 0 Å². The second-order valence-electron chi connectivity index (χ2n) is 12.6. The molecule has 49 heavy (non-hydrogen) atoms. The normalized spacial score (nSPS) is 11.7. The molecule has 0 atom stereocenters. The van der Waals surface area contributed by atoms with E-state index in [0.717, 1.165) is 55.2 Å². The lowest BCUT2D eigenvalue weighted by Gasteiger charge is -2.13. The van der Waals surface area contributed by atoms with Crippen LogP contribution in [0.3, 0.4) is 0 Å². The van der Waals surface area contributed by atoms with E-state index >= 15 is 0 Å². The maximum absolute atomic E-state index is 5.31. The second kappa shape index (κ2) is 11.0. The van der Waals surface area contributed by atoms with Crippen LogP contribution >= 0.6 is 0 Å². The number of benzene rings is 7. The summed E-state index contributed by atoms with van der Waals surface area (Å²) in [5.74, 6) is 0. The Morgan fingerprint density at radius 1 is 0.367 bits per heavy atom. The molecule has 0 amide bonds. The highest BCUT2D eigenvalue weighted by molar-refractivity contribution is 6.16. The van der Waals surface area contributed by atoms with Crippen molar-refractivity contribution in [1.82, 2.24) is 14.5 Å². The highest BCUT2D eigenvalue weighted by Gasteiger charge is 2.16. The summed E-state index contributed by atoms with van der Waals surface area (Å²) in [6, 6.07) is 62.5. The second-order valence-corrected chi connectivity index (χ2v) is 12.6. The van der Waals surface area contributed by atoms with Crippen LogP contribution < -0.4 is 0 Å². The number of aromatic nitrogens is 3. The van der Waals surface area contributed by atoms with Gasteiger partial charge in [0.1, 0.15) is 0 Å². The van der Waals surface area contributed by atoms with Crippen LogP contribution in [0.5, 0.6) is 0 Å². The van der Waals surface area contributed by atoms with E-state index in [-0.39, 0.29) is 0 Å². The highest BCUT2D eigenvalue weighted by atomic mass is 15.0. The fourth-order valence-electron chi connectivity index (χ4n) is 7.48. The maximum atomic E-state index is 5.31. The number of hydrogen-bond donors (Lipinski definition) is 0. The molecule has 10 rings (SSSR count). The Kier molecular flexibility index (Phi) is 6.18. The Hall–Kier alpha value is -6.58. The summed E-state index contributed by atoms with van der Waals surface area (Å²) in [5.41, 5.74) is 13.1. The zero-order chi connectivity index (χ0) is 32.3. The standard InChI is InChI=1S/C46H29N3/c1-3-12-30(13-4-1)44-37-19-7-9-20-41(37)48-46-38(44)25-22-31-23-26-40(47-45(31)46)34-15-11-14-32(28-34)33-24-27-43-39(29-33)36-18-8-10-21-42(36)49(43)35-16-5-2-6-17-35/h1-29H. The van der Waals surface area contributed by atoms with E-state index in [1.165, 1.54) is 38.5 Å². The molecule has 0 bridgehead atoms. The zero-order valence-electron chi connectivity index (χ0n) is 26.6. The molecule has 0 spiro atoms. The van der Waals surface area contributed by atoms with E-state index in [2.05, 4.69) is 180 Å². The van der Waals surface area contributed by atoms with Gasteiger partial charge in [0.15, 0.2) is 0 Å². The van der Waals surface area contributed by atoms with Gasteiger partial charge in [-0.05, 0) is 65.2 Å². The number of fused-ring (bicyclic) bond motifs is 7. The number of rotatable bonds is 4. The molecule has 228 valence electrons. The number of pyridine rings is 2. The van der Waals surface area contributed by atoms with E-state index in [0.29, 0.717) is 0 Å². The molecule has 0 saturated heterocycles. The lowest BCUT2D eigenvalue weighted by atomic mass is 9.95. The predicted molar refractivity (Wildman–Crippen MR) is 205 cm³/mol. The Balaban J connectivity index is 1.13. The molecule has 0 aliphatic rings. The van der Waals surface area contributed by atoms with Crippen LogP contribution in [0.4, 0.5) is 0 Å². The minimum Gasteiger partial charge on any atom is -0.309 e. The summed E-state index contributed by atoms with van der Waals surface area (Å²) in [5, 5.41) is 5.82. The molecule has 3 aromatic heterocycles. The smallest absolute Gasteiger partial charge is 0.0978 e. The van der Waals surface area contributed by atoms with Crippen LogP contribution in [0.25, 0.3) is 93.7 Å². The van der Waals surface area contributed by atoms with Crippen LogP contribution in [0, 0.1) is 0 Å². The van der Waals surface area contributed by atoms with Crippen molar-refractivity contribution in [3.8, 4) is 39.2 Å². The van der Waals surface area contributed by atoms with Crippen molar-refractivity contribution in [3.05, 3.63) is 176 Å². The summed E-state index contributed by atoms with van der Waals surface area (Å²) in [7, 11) is 0. The zero-order valence-corrected chi connectivity index (χ0v) is 26.6. The third-order valence-corrected chi connectivity index (χ3v) is 9.75. The lowest BCUT2D eigenvalue weighted by molar-refractivity contribution is 1.18. The molecule has 0 N–H and O–H groups in total. The minimum absolute atomic E-state index is 0.915. The monoisotopic (exact) mass is 623 g/mol. The molecule has 0 unspecified atom stereocenters. The van der Waals surface area contributed by atoms with Crippen molar-refractivity contribution >= 4 is 54.5 Å². The van der Waals surface area contributed by atoms with Crippen LogP contribution in [-0.2, 0) is 0 Å². The summed E-state index contributed by atoms with van der Waals surface area (Å²) >= 11 is 0. The summed E-state index contributed by atoms with van der Waals surface area (Å²) in [6.45, 7) is 0. The quantitative estimate of drug-likeness (QED) is 0.144. The summed E-state index contributed by atoms with van der Waals surface area (Å²) in [6.07, 6.45) is 0. The first-order valence-electron chi connectivity index (χ1n) is 16.7. The Morgan fingerprint density at radius 3 is 1.92 bits per heavy atom. The molecule has 7 aromatic carbocycles. The van der Waals surface area contributed by atoms with Gasteiger partial charge in [-0.2, -0.15) is 0 Å². The van der Waals surface area contributed by atoms with E-state index in [9.17, 15) is 0 Å². The molecule has 3 heterocycles. The van der Waals surface area contributed by atoms with Gasteiger partial charge in [-0.1, -0.05) is 127 Å². The number of nitrogens with zero attached hydrogens (tertiary/aromatic N) is 3. The van der Waals surface area contributed by atoms with Crippen LogP contribution in [0.2, 0.25) is 0 Å². The van der Waals surface area contributed by atoms with Gasteiger partial charge in [-0.3, -0.25) is 0 Å². The average Bonchev–Trinajstić information content (AvgIpc) is 3.51. The SMILES string of the molecule is c1ccc(-c2c3ccccc3nc3c2ccc2ccc(-c4cccc(-c5ccc6c(c5)c5ccccc5n6-c5ccccc5)c4)nc23)cc1. The molecule has 10 aromatic rings. The molecular formula is C46H29N3. The van der Waals surface area contributed by atoms with Crippen molar-refractivity contribution in [2.75, 3.05) is 0 Å². The van der Waals surface area contributed by atoms with Gasteiger partial charge in [-0.15, -0.1) is 0 Å². The molecule has 0 radical (unpaired) electrons. The Bertz CT molecular complexity index is 2870. The summed E-state index contributed by atoms with van der Waals surface area (Å²) < 4.78 is 2.36.